The Labute approximate surface area is 96.0 Å². The fourth-order valence-electron chi connectivity index (χ4n) is 1.93. The predicted molar refractivity (Wildman–Crippen MR) is 63.2 cm³/mol. The van der Waals surface area contributed by atoms with Crippen LogP contribution in [0.1, 0.15) is 25.3 Å². The summed E-state index contributed by atoms with van der Waals surface area (Å²) in [7, 11) is 0. The van der Waals surface area contributed by atoms with Crippen LogP contribution in [0.5, 0.6) is 0 Å². The minimum absolute atomic E-state index is 0.431. The van der Waals surface area contributed by atoms with Gasteiger partial charge in [-0.25, -0.2) is 0 Å². The van der Waals surface area contributed by atoms with E-state index in [4.69, 9.17) is 10.00 Å². The zero-order valence-corrected chi connectivity index (χ0v) is 9.44. The van der Waals surface area contributed by atoms with Crippen LogP contribution in [0.2, 0.25) is 0 Å². The van der Waals surface area contributed by atoms with Crippen molar-refractivity contribution in [3.8, 4) is 6.07 Å². The summed E-state index contributed by atoms with van der Waals surface area (Å²) in [4.78, 5) is 0. The highest BCUT2D eigenvalue weighted by Gasteiger charge is 2.29. The highest BCUT2D eigenvalue weighted by Crippen LogP contribution is 2.26. The van der Waals surface area contributed by atoms with Gasteiger partial charge in [0.1, 0.15) is 0 Å². The van der Waals surface area contributed by atoms with E-state index in [-0.39, 0.29) is 0 Å². The summed E-state index contributed by atoms with van der Waals surface area (Å²) >= 11 is 0. The van der Waals surface area contributed by atoms with Crippen LogP contribution in [0.25, 0.3) is 0 Å². The third-order valence-electron chi connectivity index (χ3n) is 2.88. The predicted octanol–water partition coefficient (Wildman–Crippen LogP) is 2.54. The first-order valence-electron chi connectivity index (χ1n) is 5.70. The fourth-order valence-corrected chi connectivity index (χ4v) is 1.93. The van der Waals surface area contributed by atoms with Gasteiger partial charge in [0.15, 0.2) is 0 Å². The molecule has 1 N–H and O–H groups in total. The molecule has 0 aliphatic heterocycles. The van der Waals surface area contributed by atoms with E-state index in [2.05, 4.69) is 11.4 Å². The van der Waals surface area contributed by atoms with Crippen LogP contribution >= 0.6 is 0 Å². The fraction of sp³-hybridized carbons (Fsp3) is 0.462. The van der Waals surface area contributed by atoms with Crippen LogP contribution in [0.15, 0.2) is 24.3 Å². The Balaban J connectivity index is 1.80. The Morgan fingerprint density at radius 3 is 2.62 bits per heavy atom. The van der Waals surface area contributed by atoms with Crippen LogP contribution in [0.4, 0.5) is 5.69 Å². The molecule has 1 aliphatic rings. The van der Waals surface area contributed by atoms with Crippen LogP contribution in [0, 0.1) is 11.3 Å². The topological polar surface area (TPSA) is 45.0 Å². The number of rotatable bonds is 4. The van der Waals surface area contributed by atoms with E-state index < -0.39 is 0 Å². The average Bonchev–Trinajstić information content (AvgIpc) is 2.27. The normalized spacial score (nSPS) is 23.2. The van der Waals surface area contributed by atoms with E-state index in [9.17, 15) is 0 Å². The molecular weight excluding hydrogens is 200 g/mol. The molecule has 0 radical (unpaired) electrons. The number of hydrogen-bond acceptors (Lipinski definition) is 3. The van der Waals surface area contributed by atoms with E-state index >= 15 is 0 Å². The van der Waals surface area contributed by atoms with Crippen molar-refractivity contribution in [1.29, 1.82) is 5.26 Å². The van der Waals surface area contributed by atoms with E-state index in [1.54, 1.807) is 0 Å². The van der Waals surface area contributed by atoms with Crippen molar-refractivity contribution in [3.05, 3.63) is 29.8 Å². The van der Waals surface area contributed by atoms with E-state index in [0.717, 1.165) is 25.1 Å². The van der Waals surface area contributed by atoms with Gasteiger partial charge in [-0.1, -0.05) is 0 Å². The maximum absolute atomic E-state index is 8.67. The van der Waals surface area contributed by atoms with Crippen molar-refractivity contribution >= 4 is 5.69 Å². The molecular formula is C13H16N2O. The standard InChI is InChI=1S/C13H16N2O/c1-2-16-13-7-12(8-13)15-11-5-3-10(9-14)4-6-11/h3-6,12-13,15H,2,7-8H2,1H3. The molecule has 2 rings (SSSR count). The first-order chi connectivity index (χ1) is 7.81. The Morgan fingerprint density at radius 2 is 2.06 bits per heavy atom. The molecule has 0 bridgehead atoms. The van der Waals surface area contributed by atoms with Crippen molar-refractivity contribution in [2.75, 3.05) is 11.9 Å². The number of hydrogen-bond donors (Lipinski definition) is 1. The smallest absolute Gasteiger partial charge is 0.0991 e. The molecule has 0 aromatic heterocycles. The SMILES string of the molecule is CCOC1CC(Nc2ccc(C#N)cc2)C1. The van der Waals surface area contributed by atoms with Crippen LogP contribution < -0.4 is 5.32 Å². The van der Waals surface area contributed by atoms with Crippen molar-refractivity contribution in [3.63, 3.8) is 0 Å². The second-order valence-electron chi connectivity index (χ2n) is 4.08. The highest BCUT2D eigenvalue weighted by atomic mass is 16.5. The lowest BCUT2D eigenvalue weighted by Crippen LogP contribution is -2.40. The summed E-state index contributed by atoms with van der Waals surface area (Å²) in [5, 5.41) is 12.1. The quantitative estimate of drug-likeness (QED) is 0.841. The lowest BCUT2D eigenvalue weighted by molar-refractivity contribution is 0.00299. The number of nitriles is 1. The molecule has 3 nitrogen and oxygen atoms in total. The summed E-state index contributed by atoms with van der Waals surface area (Å²) in [6, 6.07) is 10.2. The van der Waals surface area contributed by atoms with Gasteiger partial charge >= 0.3 is 0 Å². The monoisotopic (exact) mass is 216 g/mol. The van der Waals surface area contributed by atoms with Crippen LogP contribution in [-0.2, 0) is 4.74 Å². The summed E-state index contributed by atoms with van der Waals surface area (Å²) < 4.78 is 5.50. The van der Waals surface area contributed by atoms with Gasteiger partial charge in [-0.2, -0.15) is 5.26 Å². The number of ether oxygens (including phenoxy) is 1. The first-order valence-corrected chi connectivity index (χ1v) is 5.70. The molecule has 0 spiro atoms. The third kappa shape index (κ3) is 2.53. The van der Waals surface area contributed by atoms with Crippen LogP contribution in [-0.4, -0.2) is 18.8 Å². The molecule has 1 saturated carbocycles. The van der Waals surface area contributed by atoms with Gasteiger partial charge in [-0.05, 0) is 44.0 Å². The van der Waals surface area contributed by atoms with Gasteiger partial charge in [0.2, 0.25) is 0 Å². The van der Waals surface area contributed by atoms with Crippen molar-refractivity contribution in [2.24, 2.45) is 0 Å². The zero-order valence-electron chi connectivity index (χ0n) is 9.44. The Bertz CT molecular complexity index is 374. The second kappa shape index (κ2) is 5.00. The van der Waals surface area contributed by atoms with Crippen molar-refractivity contribution in [1.82, 2.24) is 0 Å². The minimum atomic E-state index is 0.431. The molecule has 84 valence electrons. The number of nitrogens with one attached hydrogen (secondary N) is 1. The first kappa shape index (κ1) is 11.0. The summed E-state index contributed by atoms with van der Waals surface area (Å²) in [6.07, 6.45) is 2.59. The van der Waals surface area contributed by atoms with E-state index in [1.807, 2.05) is 31.2 Å². The molecule has 0 heterocycles. The number of benzene rings is 1. The molecule has 1 aliphatic carbocycles. The number of nitrogens with zero attached hydrogens (tertiary/aromatic N) is 1. The molecule has 1 aromatic carbocycles. The lowest BCUT2D eigenvalue weighted by atomic mass is 9.89. The zero-order chi connectivity index (χ0) is 11.4. The Kier molecular flexibility index (Phi) is 3.43. The van der Waals surface area contributed by atoms with Crippen molar-refractivity contribution in [2.45, 2.75) is 31.9 Å². The summed E-state index contributed by atoms with van der Waals surface area (Å²) in [5.41, 5.74) is 1.78. The maximum Gasteiger partial charge on any atom is 0.0991 e. The third-order valence-corrected chi connectivity index (χ3v) is 2.88. The Hall–Kier alpha value is -1.53. The van der Waals surface area contributed by atoms with Gasteiger partial charge in [0.05, 0.1) is 17.7 Å². The summed E-state index contributed by atoms with van der Waals surface area (Å²) in [6.45, 7) is 2.83. The maximum atomic E-state index is 8.67. The largest absolute Gasteiger partial charge is 0.382 e. The molecule has 0 unspecified atom stereocenters. The van der Waals surface area contributed by atoms with Crippen molar-refractivity contribution < 1.29 is 4.74 Å². The molecule has 16 heavy (non-hydrogen) atoms. The molecule has 0 saturated heterocycles. The molecule has 3 heteroatoms. The average molecular weight is 216 g/mol. The lowest BCUT2D eigenvalue weighted by Gasteiger charge is -2.36. The van der Waals surface area contributed by atoms with Crippen LogP contribution in [0.3, 0.4) is 0 Å². The van der Waals surface area contributed by atoms with E-state index in [1.165, 1.54) is 0 Å². The number of anilines is 1. The van der Waals surface area contributed by atoms with Gasteiger partial charge in [0.25, 0.3) is 0 Å². The molecule has 0 amide bonds. The molecule has 1 fully saturated rings. The Morgan fingerprint density at radius 1 is 1.38 bits per heavy atom. The molecule has 1 aromatic rings. The van der Waals surface area contributed by atoms with Gasteiger partial charge < -0.3 is 10.1 Å². The highest BCUT2D eigenvalue weighted by molar-refractivity contribution is 5.48. The molecule has 0 atom stereocenters. The van der Waals surface area contributed by atoms with E-state index in [0.29, 0.717) is 17.7 Å². The minimum Gasteiger partial charge on any atom is -0.382 e. The van der Waals surface area contributed by atoms with Gasteiger partial charge in [0, 0.05) is 18.3 Å². The van der Waals surface area contributed by atoms with Gasteiger partial charge in [-0.15, -0.1) is 0 Å². The van der Waals surface area contributed by atoms with Gasteiger partial charge in [-0.3, -0.25) is 0 Å². The summed E-state index contributed by atoms with van der Waals surface area (Å²) in [5.74, 6) is 0. The second-order valence-corrected chi connectivity index (χ2v) is 4.08.